The Labute approximate surface area is 224 Å². The molecule has 2 aromatic carbocycles. The average Bonchev–Trinajstić information content (AvgIpc) is 2.78. The number of carbonyl (C=O) groups excluding carboxylic acids is 2. The van der Waals surface area contributed by atoms with Gasteiger partial charge in [-0.1, -0.05) is 54.4 Å². The van der Waals surface area contributed by atoms with Gasteiger partial charge in [-0.3, -0.25) is 13.9 Å². The Morgan fingerprint density at radius 2 is 1.75 bits per heavy atom. The lowest BCUT2D eigenvalue weighted by Gasteiger charge is -2.32. The summed E-state index contributed by atoms with van der Waals surface area (Å²) >= 11 is 12.5. The molecule has 0 saturated carbocycles. The number of aryl methyl sites for hydroxylation is 1. The third-order valence-corrected chi connectivity index (χ3v) is 7.49. The molecule has 0 aliphatic heterocycles. The number of rotatable bonds is 12. The molecule has 198 valence electrons. The van der Waals surface area contributed by atoms with Gasteiger partial charge in [-0.25, -0.2) is 8.42 Å². The van der Waals surface area contributed by atoms with E-state index in [1.54, 1.807) is 37.3 Å². The number of benzene rings is 2. The SMILES string of the molecule is CC[C@H](C(=O)NC(C)C)N(Cc1ccccc1Cl)C(=O)CCCN(c1cc(Cl)ccc1C)S(C)(=O)=O. The molecule has 0 aliphatic carbocycles. The first-order valence-electron chi connectivity index (χ1n) is 11.9. The molecule has 0 radical (unpaired) electrons. The van der Waals surface area contributed by atoms with Crippen molar-refractivity contribution in [3.8, 4) is 0 Å². The number of hydrogen-bond donors (Lipinski definition) is 1. The molecule has 0 aliphatic rings. The third kappa shape index (κ3) is 8.39. The molecule has 10 heteroatoms. The maximum atomic E-state index is 13.5. The summed E-state index contributed by atoms with van der Waals surface area (Å²) in [5, 5.41) is 3.82. The van der Waals surface area contributed by atoms with E-state index in [1.807, 2.05) is 32.9 Å². The van der Waals surface area contributed by atoms with Gasteiger partial charge in [0.05, 0.1) is 11.9 Å². The second-order valence-electron chi connectivity index (χ2n) is 9.07. The Kier molecular flexibility index (Phi) is 11.1. The summed E-state index contributed by atoms with van der Waals surface area (Å²) in [4.78, 5) is 27.9. The molecule has 36 heavy (non-hydrogen) atoms. The number of anilines is 1. The molecular formula is C26H35Cl2N3O4S. The van der Waals surface area contributed by atoms with Crippen LogP contribution in [0.3, 0.4) is 0 Å². The molecule has 1 atom stereocenters. The predicted molar refractivity (Wildman–Crippen MR) is 147 cm³/mol. The van der Waals surface area contributed by atoms with E-state index >= 15 is 0 Å². The lowest BCUT2D eigenvalue weighted by molar-refractivity contribution is -0.141. The zero-order chi connectivity index (χ0) is 27.0. The normalized spacial score (nSPS) is 12.3. The van der Waals surface area contributed by atoms with Gasteiger partial charge in [0.15, 0.2) is 0 Å². The van der Waals surface area contributed by atoms with Crippen LogP contribution < -0.4 is 9.62 Å². The summed E-state index contributed by atoms with van der Waals surface area (Å²) in [5.74, 6) is -0.489. The highest BCUT2D eigenvalue weighted by atomic mass is 35.5. The van der Waals surface area contributed by atoms with E-state index in [9.17, 15) is 18.0 Å². The number of sulfonamides is 1. The van der Waals surface area contributed by atoms with Gasteiger partial charge in [-0.2, -0.15) is 0 Å². The highest BCUT2D eigenvalue weighted by Gasteiger charge is 2.29. The highest BCUT2D eigenvalue weighted by molar-refractivity contribution is 7.92. The molecular weight excluding hydrogens is 521 g/mol. The van der Waals surface area contributed by atoms with E-state index in [-0.39, 0.29) is 43.8 Å². The quantitative estimate of drug-likeness (QED) is 0.391. The van der Waals surface area contributed by atoms with Crippen LogP contribution in [0.4, 0.5) is 5.69 Å². The maximum Gasteiger partial charge on any atom is 0.243 e. The molecule has 0 unspecified atom stereocenters. The smallest absolute Gasteiger partial charge is 0.243 e. The van der Waals surface area contributed by atoms with E-state index in [2.05, 4.69) is 5.32 Å². The summed E-state index contributed by atoms with van der Waals surface area (Å²) in [6.07, 6.45) is 1.87. The number of amides is 2. The van der Waals surface area contributed by atoms with Gasteiger partial charge in [0, 0.05) is 35.6 Å². The Morgan fingerprint density at radius 3 is 2.33 bits per heavy atom. The van der Waals surface area contributed by atoms with Crippen molar-refractivity contribution in [2.75, 3.05) is 17.1 Å². The first-order valence-corrected chi connectivity index (χ1v) is 14.5. The van der Waals surface area contributed by atoms with E-state index in [4.69, 9.17) is 23.2 Å². The number of carbonyl (C=O) groups is 2. The van der Waals surface area contributed by atoms with Crippen LogP contribution >= 0.6 is 23.2 Å². The minimum atomic E-state index is -3.61. The summed E-state index contributed by atoms with van der Waals surface area (Å²) in [6, 6.07) is 11.5. The fourth-order valence-corrected chi connectivity index (χ4v) is 5.32. The van der Waals surface area contributed by atoms with Crippen LogP contribution in [0.2, 0.25) is 10.0 Å². The molecule has 0 spiro atoms. The number of halogens is 2. The lowest BCUT2D eigenvalue weighted by Crippen LogP contribution is -2.50. The minimum absolute atomic E-state index is 0.0571. The van der Waals surface area contributed by atoms with Gasteiger partial charge >= 0.3 is 0 Å². The second-order valence-corrected chi connectivity index (χ2v) is 11.8. The first-order chi connectivity index (χ1) is 16.8. The van der Waals surface area contributed by atoms with Crippen LogP contribution in [0, 0.1) is 6.92 Å². The molecule has 2 rings (SSSR count). The molecule has 0 saturated heterocycles. The van der Waals surface area contributed by atoms with Gasteiger partial charge in [-0.15, -0.1) is 0 Å². The summed E-state index contributed by atoms with van der Waals surface area (Å²) in [7, 11) is -3.61. The van der Waals surface area contributed by atoms with Crippen molar-refractivity contribution in [3.63, 3.8) is 0 Å². The van der Waals surface area contributed by atoms with E-state index in [1.165, 1.54) is 9.21 Å². The lowest BCUT2D eigenvalue weighted by atomic mass is 10.1. The van der Waals surface area contributed by atoms with Crippen molar-refractivity contribution >= 4 is 50.7 Å². The summed E-state index contributed by atoms with van der Waals surface area (Å²) in [6.45, 7) is 7.65. The standard InChI is InChI=1S/C26H35Cl2N3O4S/c1-6-23(26(33)29-18(2)3)30(17-20-10-7-8-11-22(20)28)25(32)12-9-15-31(36(5,34)35)24-16-21(27)14-13-19(24)4/h7-8,10-11,13-14,16,18,23H,6,9,12,15,17H2,1-5H3,(H,29,33)/t23-/m1/s1. The highest BCUT2D eigenvalue weighted by Crippen LogP contribution is 2.27. The average molecular weight is 557 g/mol. The van der Waals surface area contributed by atoms with Gasteiger partial charge in [0.1, 0.15) is 6.04 Å². The molecule has 2 amide bonds. The van der Waals surface area contributed by atoms with E-state index < -0.39 is 16.1 Å². The zero-order valence-corrected chi connectivity index (χ0v) is 23.8. The van der Waals surface area contributed by atoms with Crippen molar-refractivity contribution in [3.05, 3.63) is 63.6 Å². The van der Waals surface area contributed by atoms with Crippen LogP contribution in [0.1, 0.15) is 51.2 Å². The van der Waals surface area contributed by atoms with Gasteiger partial charge in [0.2, 0.25) is 21.8 Å². The van der Waals surface area contributed by atoms with Gasteiger partial charge in [0.25, 0.3) is 0 Å². The molecule has 0 bridgehead atoms. The fraction of sp³-hybridized carbons (Fsp3) is 0.462. The van der Waals surface area contributed by atoms with Crippen LogP contribution in [-0.4, -0.2) is 50.0 Å². The Morgan fingerprint density at radius 1 is 1.08 bits per heavy atom. The van der Waals surface area contributed by atoms with Crippen LogP contribution in [0.5, 0.6) is 0 Å². The monoisotopic (exact) mass is 555 g/mol. The van der Waals surface area contributed by atoms with Crippen molar-refractivity contribution in [2.24, 2.45) is 0 Å². The predicted octanol–water partition coefficient (Wildman–Crippen LogP) is 5.18. The van der Waals surface area contributed by atoms with Crippen molar-refractivity contribution in [1.82, 2.24) is 10.2 Å². The minimum Gasteiger partial charge on any atom is -0.352 e. The van der Waals surface area contributed by atoms with Crippen LogP contribution in [-0.2, 0) is 26.2 Å². The summed E-state index contributed by atoms with van der Waals surface area (Å²) in [5.41, 5.74) is 1.97. The molecule has 2 aromatic rings. The Hall–Kier alpha value is -2.29. The topological polar surface area (TPSA) is 86.8 Å². The number of nitrogens with one attached hydrogen (secondary N) is 1. The second kappa shape index (κ2) is 13.3. The van der Waals surface area contributed by atoms with E-state index in [0.29, 0.717) is 22.2 Å². The van der Waals surface area contributed by atoms with Crippen LogP contribution in [0.25, 0.3) is 0 Å². The van der Waals surface area contributed by atoms with E-state index in [0.717, 1.165) is 17.4 Å². The molecule has 1 N–H and O–H groups in total. The first kappa shape index (κ1) is 29.9. The van der Waals surface area contributed by atoms with Crippen molar-refractivity contribution in [2.45, 2.75) is 65.6 Å². The fourth-order valence-electron chi connectivity index (χ4n) is 3.94. The maximum absolute atomic E-state index is 13.5. The Bertz CT molecular complexity index is 1170. The van der Waals surface area contributed by atoms with Gasteiger partial charge in [-0.05, 0) is 62.9 Å². The Balaban J connectivity index is 2.26. The molecule has 0 fully saturated rings. The number of hydrogen-bond acceptors (Lipinski definition) is 4. The molecule has 7 nitrogen and oxygen atoms in total. The molecule has 0 heterocycles. The largest absolute Gasteiger partial charge is 0.352 e. The number of nitrogens with zero attached hydrogens (tertiary/aromatic N) is 2. The van der Waals surface area contributed by atoms with Crippen molar-refractivity contribution < 1.29 is 18.0 Å². The van der Waals surface area contributed by atoms with Crippen molar-refractivity contribution in [1.29, 1.82) is 0 Å². The van der Waals surface area contributed by atoms with Gasteiger partial charge < -0.3 is 10.2 Å². The van der Waals surface area contributed by atoms with Crippen LogP contribution in [0.15, 0.2) is 42.5 Å². The zero-order valence-electron chi connectivity index (χ0n) is 21.4. The summed E-state index contributed by atoms with van der Waals surface area (Å²) < 4.78 is 26.4. The molecule has 0 aromatic heterocycles. The third-order valence-electron chi connectivity index (χ3n) is 5.71.